The van der Waals surface area contributed by atoms with Crippen LogP contribution in [0.1, 0.15) is 32.0 Å². The highest BCUT2D eigenvalue weighted by Gasteiger charge is 2.23. The van der Waals surface area contributed by atoms with Crippen molar-refractivity contribution in [3.8, 4) is 5.69 Å². The third-order valence-electron chi connectivity index (χ3n) is 5.36. The van der Waals surface area contributed by atoms with Gasteiger partial charge in [-0.1, -0.05) is 29.8 Å². The molecule has 3 aromatic rings. The molecule has 0 aliphatic carbocycles. The molecule has 1 aliphatic heterocycles. The Morgan fingerprint density at radius 1 is 1.09 bits per heavy atom. The van der Waals surface area contributed by atoms with Crippen LogP contribution in [0.5, 0.6) is 0 Å². The van der Waals surface area contributed by atoms with Gasteiger partial charge in [0.05, 0.1) is 11.8 Å². The minimum absolute atomic E-state index is 0.149. The monoisotopic (exact) mass is 473 g/mol. The highest BCUT2D eigenvalue weighted by Crippen LogP contribution is 2.28. The molecule has 1 atom stereocenters. The molecule has 9 heteroatoms. The van der Waals surface area contributed by atoms with E-state index in [1.165, 1.54) is 43.2 Å². The SMILES string of the molecule is CC(Sc1nnc(CN2CCCCC2)n1-c1ccc(F)cc1)C(=O)Nc1ccc(Cl)cc1. The zero-order valence-electron chi connectivity index (χ0n) is 17.8. The lowest BCUT2D eigenvalue weighted by molar-refractivity contribution is -0.115. The van der Waals surface area contributed by atoms with Gasteiger partial charge in [0.15, 0.2) is 11.0 Å². The van der Waals surface area contributed by atoms with E-state index in [0.717, 1.165) is 24.6 Å². The smallest absolute Gasteiger partial charge is 0.237 e. The maximum atomic E-state index is 13.5. The van der Waals surface area contributed by atoms with Crippen molar-refractivity contribution in [1.82, 2.24) is 19.7 Å². The number of nitrogens with one attached hydrogen (secondary N) is 1. The molecule has 0 spiro atoms. The summed E-state index contributed by atoms with van der Waals surface area (Å²) in [6.45, 7) is 4.54. The molecule has 1 aromatic heterocycles. The first kappa shape index (κ1) is 22.8. The van der Waals surface area contributed by atoms with Gasteiger partial charge < -0.3 is 5.32 Å². The van der Waals surface area contributed by atoms with E-state index in [1.807, 2.05) is 11.5 Å². The van der Waals surface area contributed by atoms with E-state index in [9.17, 15) is 9.18 Å². The van der Waals surface area contributed by atoms with Gasteiger partial charge in [-0.05, 0) is 81.4 Å². The van der Waals surface area contributed by atoms with Crippen LogP contribution in [0.25, 0.3) is 5.69 Å². The fraction of sp³-hybridized carbons (Fsp3) is 0.348. The normalized spacial score (nSPS) is 15.5. The van der Waals surface area contributed by atoms with E-state index in [4.69, 9.17) is 11.6 Å². The standard InChI is InChI=1S/C23H25ClFN5OS/c1-16(22(31)26-19-9-5-17(24)6-10-19)32-23-28-27-21(15-29-13-3-2-4-14-29)30(23)20-11-7-18(25)8-12-20/h5-12,16H,2-4,13-15H2,1H3,(H,26,31). The van der Waals surface area contributed by atoms with Gasteiger partial charge in [-0.15, -0.1) is 10.2 Å². The first-order valence-electron chi connectivity index (χ1n) is 10.7. The molecule has 0 saturated carbocycles. The van der Waals surface area contributed by atoms with Crippen LogP contribution in [0.4, 0.5) is 10.1 Å². The van der Waals surface area contributed by atoms with Gasteiger partial charge in [-0.25, -0.2) is 4.39 Å². The number of nitrogens with zero attached hydrogens (tertiary/aromatic N) is 4. The molecule has 1 fully saturated rings. The summed E-state index contributed by atoms with van der Waals surface area (Å²) in [7, 11) is 0. The van der Waals surface area contributed by atoms with Gasteiger partial charge >= 0.3 is 0 Å². The maximum Gasteiger partial charge on any atom is 0.237 e. The number of benzene rings is 2. The molecule has 0 radical (unpaired) electrons. The van der Waals surface area contributed by atoms with Crippen LogP contribution >= 0.6 is 23.4 Å². The number of carbonyl (C=O) groups is 1. The number of hydrogen-bond acceptors (Lipinski definition) is 5. The van der Waals surface area contributed by atoms with Gasteiger partial charge in [0, 0.05) is 16.4 Å². The molecule has 1 saturated heterocycles. The van der Waals surface area contributed by atoms with Crippen molar-refractivity contribution in [3.05, 3.63) is 65.2 Å². The Morgan fingerprint density at radius 3 is 2.47 bits per heavy atom. The van der Waals surface area contributed by atoms with Gasteiger partial charge in [-0.2, -0.15) is 0 Å². The fourth-order valence-electron chi connectivity index (χ4n) is 3.63. The minimum Gasteiger partial charge on any atom is -0.325 e. The molecule has 2 aromatic carbocycles. The van der Waals surface area contributed by atoms with E-state index < -0.39 is 5.25 Å². The van der Waals surface area contributed by atoms with Crippen molar-refractivity contribution in [2.24, 2.45) is 0 Å². The quantitative estimate of drug-likeness (QED) is 0.480. The summed E-state index contributed by atoms with van der Waals surface area (Å²) in [6, 6.07) is 13.2. The number of amides is 1. The lowest BCUT2D eigenvalue weighted by Crippen LogP contribution is -2.30. The summed E-state index contributed by atoms with van der Waals surface area (Å²) in [5.41, 5.74) is 1.45. The molecule has 6 nitrogen and oxygen atoms in total. The molecular weight excluding hydrogens is 449 g/mol. The molecule has 2 heterocycles. The second-order valence-corrected chi connectivity index (χ2v) is 9.55. The number of thioether (sulfide) groups is 1. The second kappa shape index (κ2) is 10.5. The Hall–Kier alpha value is -2.42. The predicted molar refractivity (Wildman–Crippen MR) is 126 cm³/mol. The molecule has 1 aliphatic rings. The first-order valence-corrected chi connectivity index (χ1v) is 11.9. The number of piperidine rings is 1. The predicted octanol–water partition coefficient (Wildman–Crippen LogP) is 5.17. The number of hydrogen-bond donors (Lipinski definition) is 1. The summed E-state index contributed by atoms with van der Waals surface area (Å²) < 4.78 is 15.5. The summed E-state index contributed by atoms with van der Waals surface area (Å²) in [5.74, 6) is 0.333. The Bertz CT molecular complexity index is 1050. The number of carbonyl (C=O) groups excluding carboxylic acids is 1. The summed E-state index contributed by atoms with van der Waals surface area (Å²) in [4.78, 5) is 15.1. The fourth-order valence-corrected chi connectivity index (χ4v) is 4.65. The maximum absolute atomic E-state index is 13.5. The lowest BCUT2D eigenvalue weighted by atomic mass is 10.1. The second-order valence-electron chi connectivity index (χ2n) is 7.80. The van der Waals surface area contributed by atoms with Crippen LogP contribution in [0.3, 0.4) is 0 Å². The number of anilines is 1. The average Bonchev–Trinajstić information content (AvgIpc) is 3.18. The Kier molecular flexibility index (Phi) is 7.44. The third-order valence-corrected chi connectivity index (χ3v) is 6.66. The number of likely N-dealkylation sites (tertiary alicyclic amines) is 1. The van der Waals surface area contributed by atoms with Crippen LogP contribution in [0.15, 0.2) is 53.7 Å². The van der Waals surface area contributed by atoms with E-state index in [0.29, 0.717) is 22.4 Å². The van der Waals surface area contributed by atoms with Gasteiger partial charge in [0.2, 0.25) is 5.91 Å². The van der Waals surface area contributed by atoms with Crippen molar-refractivity contribution >= 4 is 35.0 Å². The number of rotatable bonds is 7. The molecule has 1 N–H and O–H groups in total. The van der Waals surface area contributed by atoms with E-state index >= 15 is 0 Å². The van der Waals surface area contributed by atoms with Crippen molar-refractivity contribution < 1.29 is 9.18 Å². The van der Waals surface area contributed by atoms with Gasteiger partial charge in [-0.3, -0.25) is 14.3 Å². The molecule has 168 valence electrons. The highest BCUT2D eigenvalue weighted by molar-refractivity contribution is 8.00. The van der Waals surface area contributed by atoms with Gasteiger partial charge in [0.25, 0.3) is 0 Å². The Morgan fingerprint density at radius 2 is 1.78 bits per heavy atom. The zero-order chi connectivity index (χ0) is 22.5. The van der Waals surface area contributed by atoms with Crippen LogP contribution in [-0.2, 0) is 11.3 Å². The molecule has 1 amide bonds. The average molecular weight is 474 g/mol. The molecular formula is C23H25ClFN5OS. The zero-order valence-corrected chi connectivity index (χ0v) is 19.4. The number of aromatic nitrogens is 3. The minimum atomic E-state index is -0.420. The van der Waals surface area contributed by atoms with E-state index in [1.54, 1.807) is 36.4 Å². The van der Waals surface area contributed by atoms with Crippen LogP contribution in [0.2, 0.25) is 5.02 Å². The summed E-state index contributed by atoms with van der Waals surface area (Å²) in [6.07, 6.45) is 3.60. The van der Waals surface area contributed by atoms with Crippen molar-refractivity contribution in [3.63, 3.8) is 0 Å². The largest absolute Gasteiger partial charge is 0.325 e. The third kappa shape index (κ3) is 5.68. The van der Waals surface area contributed by atoms with Gasteiger partial charge in [0.1, 0.15) is 5.82 Å². The highest BCUT2D eigenvalue weighted by atomic mass is 35.5. The molecule has 4 rings (SSSR count). The topological polar surface area (TPSA) is 63.1 Å². The number of halogens is 2. The van der Waals surface area contributed by atoms with Crippen LogP contribution in [-0.4, -0.2) is 43.9 Å². The Labute approximate surface area is 196 Å². The van der Waals surface area contributed by atoms with Crippen molar-refractivity contribution in [2.75, 3.05) is 18.4 Å². The van der Waals surface area contributed by atoms with Crippen molar-refractivity contribution in [1.29, 1.82) is 0 Å². The van der Waals surface area contributed by atoms with E-state index in [2.05, 4.69) is 20.4 Å². The van der Waals surface area contributed by atoms with E-state index in [-0.39, 0.29) is 11.7 Å². The lowest BCUT2D eigenvalue weighted by Gasteiger charge is -2.26. The summed E-state index contributed by atoms with van der Waals surface area (Å²) in [5, 5.41) is 12.5. The van der Waals surface area contributed by atoms with Crippen molar-refractivity contribution in [2.45, 2.75) is 43.1 Å². The molecule has 0 bridgehead atoms. The first-order chi connectivity index (χ1) is 15.5. The molecule has 32 heavy (non-hydrogen) atoms. The molecule has 1 unspecified atom stereocenters. The van der Waals surface area contributed by atoms with Crippen LogP contribution < -0.4 is 5.32 Å². The van der Waals surface area contributed by atoms with Crippen LogP contribution in [0, 0.1) is 5.82 Å². The summed E-state index contributed by atoms with van der Waals surface area (Å²) >= 11 is 7.24. The Balaban J connectivity index is 1.54.